The average molecular weight is 404 g/mol. The topological polar surface area (TPSA) is 67.9 Å². The van der Waals surface area contributed by atoms with Crippen molar-refractivity contribution in [3.05, 3.63) is 72.3 Å². The lowest BCUT2D eigenvalue weighted by atomic mass is 9.77. The van der Waals surface area contributed by atoms with Gasteiger partial charge in [-0.3, -0.25) is 9.59 Å². The highest BCUT2D eigenvalue weighted by Crippen LogP contribution is 2.52. The van der Waals surface area contributed by atoms with Crippen LogP contribution in [0.1, 0.15) is 5.56 Å². The molecule has 2 fully saturated rings. The highest BCUT2D eigenvalue weighted by atomic mass is 16.5. The molecule has 30 heavy (non-hydrogen) atoms. The van der Waals surface area contributed by atoms with Crippen LogP contribution in [0.15, 0.2) is 66.7 Å². The van der Waals surface area contributed by atoms with Gasteiger partial charge in [-0.05, 0) is 36.2 Å². The Morgan fingerprint density at radius 1 is 1.20 bits per heavy atom. The Morgan fingerprint density at radius 3 is 2.70 bits per heavy atom. The Hall–Kier alpha value is -3.12. The summed E-state index contributed by atoms with van der Waals surface area (Å²) in [6, 6.07) is 17.4. The van der Waals surface area contributed by atoms with E-state index in [1.807, 2.05) is 66.7 Å². The van der Waals surface area contributed by atoms with Gasteiger partial charge in [-0.25, -0.2) is 0 Å². The molecule has 0 radical (unpaired) electrons. The SMILES string of the molecule is COc1ccc(CCNC(=O)C2C3C(=O)N(c4ccccc4)C[C@@]34C=C[C@@H]2O4)cc1. The molecule has 2 saturated heterocycles. The minimum atomic E-state index is -0.699. The van der Waals surface area contributed by atoms with E-state index in [1.54, 1.807) is 12.0 Å². The molecule has 2 amide bonds. The Kier molecular flexibility index (Phi) is 4.59. The lowest BCUT2D eigenvalue weighted by Crippen LogP contribution is -2.44. The van der Waals surface area contributed by atoms with E-state index in [4.69, 9.17) is 9.47 Å². The first-order chi connectivity index (χ1) is 14.6. The highest BCUT2D eigenvalue weighted by Gasteiger charge is 2.66. The number of anilines is 1. The van der Waals surface area contributed by atoms with E-state index in [1.165, 1.54) is 0 Å². The second-order valence-electron chi connectivity index (χ2n) is 8.05. The van der Waals surface area contributed by atoms with Crippen molar-refractivity contribution in [3.63, 3.8) is 0 Å². The fourth-order valence-electron chi connectivity index (χ4n) is 4.86. The Morgan fingerprint density at radius 2 is 1.97 bits per heavy atom. The van der Waals surface area contributed by atoms with Crippen molar-refractivity contribution >= 4 is 17.5 Å². The largest absolute Gasteiger partial charge is 0.497 e. The summed E-state index contributed by atoms with van der Waals surface area (Å²) in [5.74, 6) is -0.321. The molecule has 0 aliphatic carbocycles. The van der Waals surface area contributed by atoms with Gasteiger partial charge in [0.15, 0.2) is 0 Å². The third kappa shape index (κ3) is 2.99. The molecule has 3 heterocycles. The van der Waals surface area contributed by atoms with Gasteiger partial charge in [0, 0.05) is 12.2 Å². The predicted octanol–water partition coefficient (Wildman–Crippen LogP) is 2.34. The van der Waals surface area contributed by atoms with Gasteiger partial charge < -0.3 is 19.7 Å². The first-order valence-corrected chi connectivity index (χ1v) is 10.3. The molecule has 1 spiro atoms. The zero-order valence-electron chi connectivity index (χ0n) is 16.8. The molecule has 0 saturated carbocycles. The summed E-state index contributed by atoms with van der Waals surface area (Å²) in [6.07, 6.45) is 4.29. The number of ether oxygens (including phenoxy) is 2. The molecule has 5 rings (SSSR count). The van der Waals surface area contributed by atoms with Crippen LogP contribution < -0.4 is 15.0 Å². The molecule has 154 valence electrons. The van der Waals surface area contributed by atoms with Crippen molar-refractivity contribution in [3.8, 4) is 5.75 Å². The molecule has 4 atom stereocenters. The zero-order valence-corrected chi connectivity index (χ0v) is 16.8. The van der Waals surface area contributed by atoms with Gasteiger partial charge in [-0.1, -0.05) is 42.5 Å². The Balaban J connectivity index is 1.27. The van der Waals surface area contributed by atoms with Crippen molar-refractivity contribution < 1.29 is 19.1 Å². The first kappa shape index (κ1) is 18.9. The minimum Gasteiger partial charge on any atom is -0.497 e. The number of carbonyl (C=O) groups is 2. The summed E-state index contributed by atoms with van der Waals surface area (Å²) < 4.78 is 11.4. The summed E-state index contributed by atoms with van der Waals surface area (Å²) in [6.45, 7) is 0.956. The normalized spacial score (nSPS) is 28.6. The predicted molar refractivity (Wildman–Crippen MR) is 112 cm³/mol. The first-order valence-electron chi connectivity index (χ1n) is 10.3. The number of methoxy groups -OCH3 is 1. The molecule has 2 aromatic carbocycles. The van der Waals surface area contributed by atoms with Crippen molar-refractivity contribution in [2.75, 3.05) is 25.1 Å². The van der Waals surface area contributed by atoms with Gasteiger partial charge in [0.25, 0.3) is 0 Å². The van der Waals surface area contributed by atoms with Gasteiger partial charge >= 0.3 is 0 Å². The molecule has 2 bridgehead atoms. The monoisotopic (exact) mass is 404 g/mol. The molecule has 1 N–H and O–H groups in total. The van der Waals surface area contributed by atoms with Gasteiger partial charge in [0.05, 0.1) is 31.6 Å². The van der Waals surface area contributed by atoms with Crippen molar-refractivity contribution in [1.29, 1.82) is 0 Å². The molecule has 6 nitrogen and oxygen atoms in total. The number of nitrogens with one attached hydrogen (secondary N) is 1. The van der Waals surface area contributed by atoms with Crippen molar-refractivity contribution in [1.82, 2.24) is 5.32 Å². The van der Waals surface area contributed by atoms with Crippen LogP contribution in [0.5, 0.6) is 5.75 Å². The number of amides is 2. The summed E-state index contributed by atoms with van der Waals surface area (Å²) in [5.41, 5.74) is 1.25. The maximum Gasteiger partial charge on any atom is 0.234 e. The molecule has 0 aromatic heterocycles. The summed E-state index contributed by atoms with van der Waals surface area (Å²) in [5, 5.41) is 3.02. The maximum atomic E-state index is 13.3. The third-order valence-electron chi connectivity index (χ3n) is 6.34. The van der Waals surface area contributed by atoms with E-state index in [9.17, 15) is 9.59 Å². The zero-order chi connectivity index (χ0) is 20.7. The van der Waals surface area contributed by atoms with Gasteiger partial charge in [0.2, 0.25) is 11.8 Å². The lowest BCUT2D eigenvalue weighted by molar-refractivity contribution is -0.131. The quantitative estimate of drug-likeness (QED) is 0.751. The smallest absolute Gasteiger partial charge is 0.234 e. The van der Waals surface area contributed by atoms with Crippen LogP contribution in [0.2, 0.25) is 0 Å². The number of carbonyl (C=O) groups excluding carboxylic acids is 2. The number of benzene rings is 2. The van der Waals surface area contributed by atoms with Crippen LogP contribution in [0.4, 0.5) is 5.69 Å². The molecule has 2 unspecified atom stereocenters. The summed E-state index contributed by atoms with van der Waals surface area (Å²) in [7, 11) is 1.64. The van der Waals surface area contributed by atoms with E-state index in [0.29, 0.717) is 19.5 Å². The Bertz CT molecular complexity index is 988. The molecule has 3 aliphatic rings. The molecular weight excluding hydrogens is 380 g/mol. The number of hydrogen-bond donors (Lipinski definition) is 1. The van der Waals surface area contributed by atoms with Crippen molar-refractivity contribution in [2.24, 2.45) is 11.8 Å². The van der Waals surface area contributed by atoms with Crippen LogP contribution in [-0.2, 0) is 20.7 Å². The van der Waals surface area contributed by atoms with Crippen LogP contribution in [0.25, 0.3) is 0 Å². The molecule has 2 aromatic rings. The molecular formula is C24H24N2O4. The third-order valence-corrected chi connectivity index (χ3v) is 6.34. The van der Waals surface area contributed by atoms with E-state index in [0.717, 1.165) is 17.0 Å². The second-order valence-corrected chi connectivity index (χ2v) is 8.05. The lowest BCUT2D eigenvalue weighted by Gasteiger charge is -2.23. The maximum absolute atomic E-state index is 13.3. The van der Waals surface area contributed by atoms with Gasteiger partial charge in [-0.15, -0.1) is 0 Å². The number of nitrogens with zero attached hydrogens (tertiary/aromatic N) is 1. The number of para-hydroxylation sites is 1. The van der Waals surface area contributed by atoms with Crippen molar-refractivity contribution in [2.45, 2.75) is 18.1 Å². The fraction of sp³-hybridized carbons (Fsp3) is 0.333. The van der Waals surface area contributed by atoms with Gasteiger partial charge in [-0.2, -0.15) is 0 Å². The summed E-state index contributed by atoms with van der Waals surface area (Å²) in [4.78, 5) is 28.0. The van der Waals surface area contributed by atoms with Crippen LogP contribution in [0, 0.1) is 11.8 Å². The standard InChI is InChI=1S/C24H24N2O4/c1-29-18-9-7-16(8-10-18)12-14-25-22(27)20-19-11-13-24(30-19)15-26(23(28)21(20)24)17-5-3-2-4-6-17/h2-11,13,19-21H,12,14-15H2,1H3,(H,25,27)/t19-,20?,21?,24-/m0/s1. The van der Waals surface area contributed by atoms with Gasteiger partial charge in [0.1, 0.15) is 11.4 Å². The second kappa shape index (κ2) is 7.29. The van der Waals surface area contributed by atoms with Crippen LogP contribution in [-0.4, -0.2) is 43.7 Å². The van der Waals surface area contributed by atoms with E-state index >= 15 is 0 Å². The summed E-state index contributed by atoms with van der Waals surface area (Å²) >= 11 is 0. The van der Waals surface area contributed by atoms with E-state index in [2.05, 4.69) is 5.32 Å². The minimum absolute atomic E-state index is 0.0386. The molecule has 6 heteroatoms. The highest BCUT2D eigenvalue weighted by molar-refractivity contribution is 6.03. The van der Waals surface area contributed by atoms with E-state index in [-0.39, 0.29) is 17.9 Å². The Labute approximate surface area is 175 Å². The molecule has 3 aliphatic heterocycles. The number of fused-ring (bicyclic) bond motifs is 1. The fourth-order valence-corrected chi connectivity index (χ4v) is 4.86. The number of rotatable bonds is 6. The number of hydrogen-bond acceptors (Lipinski definition) is 4. The van der Waals surface area contributed by atoms with E-state index < -0.39 is 17.4 Å². The average Bonchev–Trinajstić information content (AvgIpc) is 3.43. The van der Waals surface area contributed by atoms with Crippen LogP contribution >= 0.6 is 0 Å². The van der Waals surface area contributed by atoms with Crippen LogP contribution in [0.3, 0.4) is 0 Å².